The Morgan fingerprint density at radius 2 is 1.85 bits per heavy atom. The number of carbonyl (C=O) groups is 1. The van der Waals surface area contributed by atoms with Crippen molar-refractivity contribution in [1.82, 2.24) is 0 Å². The van der Waals surface area contributed by atoms with Crippen LogP contribution in [0.4, 0.5) is 0 Å². The summed E-state index contributed by atoms with van der Waals surface area (Å²) in [4.78, 5) is 12.7. The molecule has 0 spiro atoms. The minimum atomic E-state index is 0.148. The fraction of sp³-hybridized carbons (Fsp3) is 0.611. The molecule has 0 amide bonds. The molecule has 108 valence electrons. The van der Waals surface area contributed by atoms with Crippen LogP contribution in [0.3, 0.4) is 0 Å². The van der Waals surface area contributed by atoms with Crippen molar-refractivity contribution in [3.8, 4) is 5.75 Å². The number of benzene rings is 1. The maximum absolute atomic E-state index is 12.7. The molecule has 0 N–H and O–H groups in total. The van der Waals surface area contributed by atoms with Crippen LogP contribution in [0, 0.1) is 16.7 Å². The molecule has 1 fully saturated rings. The lowest BCUT2D eigenvalue weighted by Gasteiger charge is -2.25. The topological polar surface area (TPSA) is 26.3 Å². The summed E-state index contributed by atoms with van der Waals surface area (Å²) in [6.45, 7) is 9.59. The fourth-order valence-electron chi connectivity index (χ4n) is 3.99. The summed E-state index contributed by atoms with van der Waals surface area (Å²) in [5.74, 6) is 1.94. The van der Waals surface area contributed by atoms with E-state index in [0.717, 1.165) is 18.8 Å². The molecule has 1 heterocycles. The van der Waals surface area contributed by atoms with E-state index < -0.39 is 0 Å². The molecule has 3 rings (SSSR count). The molecule has 2 nitrogen and oxygen atoms in total. The molecule has 1 aliphatic heterocycles. The Morgan fingerprint density at radius 3 is 2.50 bits per heavy atom. The van der Waals surface area contributed by atoms with Gasteiger partial charge in [-0.1, -0.05) is 45.9 Å². The van der Waals surface area contributed by atoms with Crippen LogP contribution in [0.5, 0.6) is 5.75 Å². The molecule has 0 bridgehead atoms. The average Bonchev–Trinajstić information content (AvgIpc) is 2.80. The number of para-hydroxylation sites is 1. The van der Waals surface area contributed by atoms with E-state index in [0.29, 0.717) is 18.1 Å². The van der Waals surface area contributed by atoms with Crippen LogP contribution in [0.2, 0.25) is 0 Å². The van der Waals surface area contributed by atoms with E-state index in [1.165, 1.54) is 5.56 Å². The number of hydrogen-bond donors (Lipinski definition) is 0. The van der Waals surface area contributed by atoms with Gasteiger partial charge in [0.05, 0.1) is 6.61 Å². The van der Waals surface area contributed by atoms with E-state index in [-0.39, 0.29) is 16.7 Å². The summed E-state index contributed by atoms with van der Waals surface area (Å²) in [5, 5.41) is 0. The molecular formula is C18H24O2. The molecular weight excluding hydrogens is 248 g/mol. The first-order chi connectivity index (χ1) is 9.35. The lowest BCUT2D eigenvalue weighted by molar-refractivity contribution is -0.121. The highest BCUT2D eigenvalue weighted by Gasteiger charge is 2.67. The first kappa shape index (κ1) is 13.7. The van der Waals surface area contributed by atoms with Gasteiger partial charge < -0.3 is 4.74 Å². The number of ketones is 1. The highest BCUT2D eigenvalue weighted by atomic mass is 16.5. The highest BCUT2D eigenvalue weighted by Crippen LogP contribution is 2.69. The summed E-state index contributed by atoms with van der Waals surface area (Å²) in [6.07, 6.45) is 1.62. The van der Waals surface area contributed by atoms with Gasteiger partial charge in [0.2, 0.25) is 0 Å². The molecule has 1 unspecified atom stereocenters. The van der Waals surface area contributed by atoms with E-state index in [1.54, 1.807) is 0 Å². The van der Waals surface area contributed by atoms with E-state index in [9.17, 15) is 4.79 Å². The summed E-state index contributed by atoms with van der Waals surface area (Å²) in [7, 11) is 0. The van der Waals surface area contributed by atoms with Crippen LogP contribution in [-0.4, -0.2) is 12.4 Å². The third-order valence-electron chi connectivity index (χ3n) is 5.87. The molecule has 2 aliphatic rings. The Balaban J connectivity index is 1.76. The molecule has 1 saturated carbocycles. The van der Waals surface area contributed by atoms with Crippen molar-refractivity contribution in [2.75, 3.05) is 6.61 Å². The van der Waals surface area contributed by atoms with Crippen molar-refractivity contribution in [3.63, 3.8) is 0 Å². The van der Waals surface area contributed by atoms with Gasteiger partial charge in [-0.3, -0.25) is 4.79 Å². The zero-order chi connectivity index (χ0) is 14.5. The number of hydrogen-bond acceptors (Lipinski definition) is 2. The number of Topliss-reactive ketones (excluding diaryl/α,β-unsaturated/α-hetero) is 1. The molecule has 1 atom stereocenters. The normalized spacial score (nSPS) is 26.5. The second kappa shape index (κ2) is 4.34. The minimum Gasteiger partial charge on any atom is -0.493 e. The van der Waals surface area contributed by atoms with Crippen molar-refractivity contribution < 1.29 is 9.53 Å². The van der Waals surface area contributed by atoms with Gasteiger partial charge in [-0.2, -0.15) is 0 Å². The summed E-state index contributed by atoms with van der Waals surface area (Å²) in [5.41, 5.74) is 1.51. The Kier molecular flexibility index (Phi) is 2.97. The van der Waals surface area contributed by atoms with Gasteiger partial charge in [0.15, 0.2) is 0 Å². The maximum atomic E-state index is 12.7. The van der Waals surface area contributed by atoms with E-state index >= 15 is 0 Å². The molecule has 0 aromatic heterocycles. The summed E-state index contributed by atoms with van der Waals surface area (Å²) < 4.78 is 5.68. The lowest BCUT2D eigenvalue weighted by Crippen LogP contribution is -2.19. The third kappa shape index (κ3) is 1.88. The van der Waals surface area contributed by atoms with Gasteiger partial charge in [-0.15, -0.1) is 0 Å². The van der Waals surface area contributed by atoms with Crippen LogP contribution in [0.1, 0.15) is 52.0 Å². The molecule has 20 heavy (non-hydrogen) atoms. The number of ether oxygens (including phenoxy) is 1. The van der Waals surface area contributed by atoms with Crippen LogP contribution in [-0.2, 0) is 4.79 Å². The van der Waals surface area contributed by atoms with Crippen molar-refractivity contribution in [1.29, 1.82) is 0 Å². The van der Waals surface area contributed by atoms with Crippen LogP contribution in [0.25, 0.3) is 0 Å². The first-order valence-corrected chi connectivity index (χ1v) is 7.60. The fourth-order valence-corrected chi connectivity index (χ4v) is 3.99. The smallest absolute Gasteiger partial charge is 0.137 e. The third-order valence-corrected chi connectivity index (χ3v) is 5.87. The quantitative estimate of drug-likeness (QED) is 0.824. The van der Waals surface area contributed by atoms with Gasteiger partial charge >= 0.3 is 0 Å². The first-order valence-electron chi connectivity index (χ1n) is 7.60. The maximum Gasteiger partial charge on any atom is 0.137 e. The van der Waals surface area contributed by atoms with E-state index in [4.69, 9.17) is 4.74 Å². The molecule has 1 aromatic rings. The standard InChI is InChI=1S/C18H24O2/c1-17(2)16(18(17,3)4)14(19)11-12-9-10-20-15-8-6-5-7-13(12)15/h5-8,12,16H,9-11H2,1-4H3. The largest absolute Gasteiger partial charge is 0.493 e. The van der Waals surface area contributed by atoms with E-state index in [2.05, 4.69) is 33.8 Å². The van der Waals surface area contributed by atoms with Crippen LogP contribution < -0.4 is 4.74 Å². The molecule has 0 radical (unpaired) electrons. The minimum absolute atomic E-state index is 0.148. The van der Waals surface area contributed by atoms with Gasteiger partial charge in [-0.05, 0) is 34.8 Å². The second-order valence-corrected chi connectivity index (χ2v) is 7.42. The molecule has 1 aliphatic carbocycles. The SMILES string of the molecule is CC1(C)C(C(=O)CC2CCOc3ccccc32)C1(C)C. The lowest BCUT2D eigenvalue weighted by atomic mass is 9.87. The van der Waals surface area contributed by atoms with Crippen molar-refractivity contribution in [2.24, 2.45) is 16.7 Å². The molecule has 0 saturated heterocycles. The van der Waals surface area contributed by atoms with Gasteiger partial charge in [0.25, 0.3) is 0 Å². The molecule has 2 heteroatoms. The summed E-state index contributed by atoms with van der Waals surface area (Å²) >= 11 is 0. The van der Waals surface area contributed by atoms with Crippen molar-refractivity contribution >= 4 is 5.78 Å². The second-order valence-electron chi connectivity index (χ2n) is 7.42. The average molecular weight is 272 g/mol. The number of fused-ring (bicyclic) bond motifs is 1. The zero-order valence-electron chi connectivity index (χ0n) is 12.9. The van der Waals surface area contributed by atoms with Gasteiger partial charge in [-0.25, -0.2) is 0 Å². The number of rotatable bonds is 3. The van der Waals surface area contributed by atoms with Crippen molar-refractivity contribution in [3.05, 3.63) is 29.8 Å². The number of carbonyl (C=O) groups excluding carboxylic acids is 1. The zero-order valence-corrected chi connectivity index (χ0v) is 12.9. The van der Waals surface area contributed by atoms with E-state index in [1.807, 2.05) is 18.2 Å². The predicted octanol–water partition coefficient (Wildman–Crippen LogP) is 4.19. The van der Waals surface area contributed by atoms with Gasteiger partial charge in [0.1, 0.15) is 11.5 Å². The summed E-state index contributed by atoms with van der Waals surface area (Å²) in [6, 6.07) is 8.15. The Labute approximate surface area is 121 Å². The molecule has 1 aromatic carbocycles. The van der Waals surface area contributed by atoms with Crippen LogP contribution >= 0.6 is 0 Å². The predicted molar refractivity (Wildman–Crippen MR) is 80.0 cm³/mol. The Hall–Kier alpha value is -1.31. The Morgan fingerprint density at radius 1 is 1.20 bits per heavy atom. The highest BCUT2D eigenvalue weighted by molar-refractivity contribution is 5.87. The van der Waals surface area contributed by atoms with Crippen LogP contribution in [0.15, 0.2) is 24.3 Å². The Bertz CT molecular complexity index is 528. The van der Waals surface area contributed by atoms with Crippen molar-refractivity contribution in [2.45, 2.75) is 46.5 Å². The monoisotopic (exact) mass is 272 g/mol. The van der Waals surface area contributed by atoms with Gasteiger partial charge in [0, 0.05) is 12.3 Å².